The van der Waals surface area contributed by atoms with E-state index in [0.717, 1.165) is 17.2 Å². The first kappa shape index (κ1) is 26.5. The van der Waals surface area contributed by atoms with Crippen LogP contribution in [0.2, 0.25) is 15.1 Å². The van der Waals surface area contributed by atoms with Crippen molar-refractivity contribution in [2.24, 2.45) is 5.16 Å². The van der Waals surface area contributed by atoms with Gasteiger partial charge in [0, 0.05) is 24.1 Å². The summed E-state index contributed by atoms with van der Waals surface area (Å²) in [5.41, 5.74) is -2.10. The van der Waals surface area contributed by atoms with Crippen LogP contribution in [0.1, 0.15) is 40.4 Å². The number of carbonyl (C=O) groups is 2. The number of amides is 2. The third-order valence-corrected chi connectivity index (χ3v) is 7.17. The van der Waals surface area contributed by atoms with Gasteiger partial charge in [0.15, 0.2) is 0 Å². The van der Waals surface area contributed by atoms with Crippen LogP contribution in [-0.4, -0.2) is 48.0 Å². The fraction of sp³-hybridized carbons (Fsp3) is 0.348. The maximum absolute atomic E-state index is 14.3. The van der Waals surface area contributed by atoms with Crippen LogP contribution in [-0.2, 0) is 20.1 Å². The lowest BCUT2D eigenvalue weighted by Gasteiger charge is -2.30. The number of aryl methyl sites for hydroxylation is 1. The number of benzene rings is 2. The maximum Gasteiger partial charge on any atom is 0.435 e. The van der Waals surface area contributed by atoms with E-state index in [1.807, 2.05) is 0 Å². The molecule has 2 aliphatic heterocycles. The van der Waals surface area contributed by atoms with Crippen LogP contribution in [0.25, 0.3) is 0 Å². The molecular formula is C23H19Cl3F3N3O4. The van der Waals surface area contributed by atoms with Gasteiger partial charge in [-0.05, 0) is 49.2 Å². The second kappa shape index (κ2) is 9.74. The molecule has 4 rings (SSSR count). The molecule has 0 aromatic heterocycles. The molecule has 2 atom stereocenters. The van der Waals surface area contributed by atoms with Crippen molar-refractivity contribution < 1.29 is 32.4 Å². The largest absolute Gasteiger partial charge is 0.435 e. The van der Waals surface area contributed by atoms with E-state index in [2.05, 4.69) is 10.5 Å². The normalized spacial score (nSPS) is 22.0. The molecule has 36 heavy (non-hydrogen) atoms. The summed E-state index contributed by atoms with van der Waals surface area (Å²) in [5, 5.41) is 7.11. The molecule has 2 amide bonds. The minimum Gasteiger partial charge on any atom is -0.374 e. The van der Waals surface area contributed by atoms with Gasteiger partial charge in [0.05, 0.1) is 20.8 Å². The molecule has 1 saturated heterocycles. The molecule has 7 nitrogen and oxygen atoms in total. The average molecular weight is 565 g/mol. The molecule has 2 heterocycles. The Morgan fingerprint density at radius 2 is 1.89 bits per heavy atom. The topological polar surface area (TPSA) is 80.2 Å². The van der Waals surface area contributed by atoms with Crippen molar-refractivity contribution in [3.05, 3.63) is 67.7 Å². The quantitative estimate of drug-likeness (QED) is 0.491. The first-order chi connectivity index (χ1) is 16.9. The zero-order valence-electron chi connectivity index (χ0n) is 18.9. The van der Waals surface area contributed by atoms with E-state index in [1.165, 1.54) is 18.2 Å². The standard InChI is InChI=1S/C23H19Cl3F3N3O4/c1-3-32-21(34)18(10-35-32)30-20(33)14-5-4-12(6-11(14)2)17-9-22(36-31-17,23(27,28)29)13-7-15(24)19(26)16(25)8-13/h4-8,18H,3,9-10H2,1-2H3,(H,30,33). The Morgan fingerprint density at radius 1 is 1.22 bits per heavy atom. The third kappa shape index (κ3) is 4.63. The van der Waals surface area contributed by atoms with Crippen molar-refractivity contribution in [3.63, 3.8) is 0 Å². The van der Waals surface area contributed by atoms with Gasteiger partial charge in [0.2, 0.25) is 0 Å². The zero-order valence-corrected chi connectivity index (χ0v) is 21.1. The van der Waals surface area contributed by atoms with Gasteiger partial charge in [-0.1, -0.05) is 46.0 Å². The molecule has 0 spiro atoms. The molecular weight excluding hydrogens is 546 g/mol. The fourth-order valence-electron chi connectivity index (χ4n) is 4.00. The second-order valence-corrected chi connectivity index (χ2v) is 9.46. The van der Waals surface area contributed by atoms with Gasteiger partial charge in [-0.25, -0.2) is 5.06 Å². The summed E-state index contributed by atoms with van der Waals surface area (Å²) >= 11 is 17.8. The van der Waals surface area contributed by atoms with Crippen LogP contribution in [0.3, 0.4) is 0 Å². The minimum atomic E-state index is -4.87. The number of hydroxylamine groups is 2. The number of carbonyl (C=O) groups excluding carboxylic acids is 2. The van der Waals surface area contributed by atoms with Crippen molar-refractivity contribution in [1.29, 1.82) is 0 Å². The summed E-state index contributed by atoms with van der Waals surface area (Å²) in [5.74, 6) is -0.873. The average Bonchev–Trinajstić information content (AvgIpc) is 3.42. The Hall–Kier alpha value is -2.53. The summed E-state index contributed by atoms with van der Waals surface area (Å²) in [6.07, 6.45) is -5.52. The number of hydrogen-bond acceptors (Lipinski definition) is 5. The molecule has 1 fully saturated rings. The molecule has 1 N–H and O–H groups in total. The van der Waals surface area contributed by atoms with Gasteiger partial charge in [-0.3, -0.25) is 14.4 Å². The first-order valence-corrected chi connectivity index (χ1v) is 11.8. The van der Waals surface area contributed by atoms with Gasteiger partial charge in [0.25, 0.3) is 17.4 Å². The van der Waals surface area contributed by atoms with Crippen molar-refractivity contribution in [2.75, 3.05) is 13.2 Å². The summed E-state index contributed by atoms with van der Waals surface area (Å²) < 4.78 is 42.8. The van der Waals surface area contributed by atoms with E-state index in [0.29, 0.717) is 17.7 Å². The van der Waals surface area contributed by atoms with Crippen molar-refractivity contribution in [1.82, 2.24) is 10.4 Å². The van der Waals surface area contributed by atoms with Crippen LogP contribution >= 0.6 is 34.8 Å². The zero-order chi connectivity index (χ0) is 26.4. The van der Waals surface area contributed by atoms with Crippen molar-refractivity contribution in [2.45, 2.75) is 38.1 Å². The Kier molecular flexibility index (Phi) is 7.18. The van der Waals surface area contributed by atoms with Gasteiger partial charge in [-0.15, -0.1) is 0 Å². The van der Waals surface area contributed by atoms with E-state index in [4.69, 9.17) is 44.5 Å². The molecule has 2 aromatic carbocycles. The van der Waals surface area contributed by atoms with Crippen LogP contribution in [0.5, 0.6) is 0 Å². The molecule has 0 saturated carbocycles. The Morgan fingerprint density at radius 3 is 2.44 bits per heavy atom. The number of rotatable bonds is 5. The second-order valence-electron chi connectivity index (χ2n) is 8.27. The van der Waals surface area contributed by atoms with Crippen LogP contribution < -0.4 is 5.32 Å². The molecule has 0 aliphatic carbocycles. The first-order valence-electron chi connectivity index (χ1n) is 10.7. The van der Waals surface area contributed by atoms with Gasteiger partial charge < -0.3 is 10.2 Å². The highest BCUT2D eigenvalue weighted by atomic mass is 35.5. The highest BCUT2D eigenvalue weighted by Gasteiger charge is 2.62. The molecule has 0 bridgehead atoms. The van der Waals surface area contributed by atoms with E-state index < -0.39 is 30.1 Å². The predicted octanol–water partition coefficient (Wildman–Crippen LogP) is 5.43. The van der Waals surface area contributed by atoms with Gasteiger partial charge >= 0.3 is 6.18 Å². The monoisotopic (exact) mass is 563 g/mol. The van der Waals surface area contributed by atoms with Crippen LogP contribution in [0.15, 0.2) is 35.5 Å². The Labute approximate surface area is 219 Å². The number of likely N-dealkylation sites (N-methyl/N-ethyl adjacent to an activating group) is 1. The molecule has 13 heteroatoms. The Balaban J connectivity index is 1.57. The summed E-state index contributed by atoms with van der Waals surface area (Å²) in [6.45, 7) is 3.72. The highest BCUT2D eigenvalue weighted by molar-refractivity contribution is 6.48. The van der Waals surface area contributed by atoms with Crippen LogP contribution in [0, 0.1) is 6.92 Å². The van der Waals surface area contributed by atoms with E-state index in [1.54, 1.807) is 13.8 Å². The summed E-state index contributed by atoms with van der Waals surface area (Å²) in [6, 6.07) is 5.71. The highest BCUT2D eigenvalue weighted by Crippen LogP contribution is 2.50. The molecule has 2 aliphatic rings. The predicted molar refractivity (Wildman–Crippen MR) is 127 cm³/mol. The van der Waals surface area contributed by atoms with E-state index >= 15 is 0 Å². The lowest BCUT2D eigenvalue weighted by Crippen LogP contribution is -2.43. The van der Waals surface area contributed by atoms with E-state index in [-0.39, 0.29) is 44.4 Å². The van der Waals surface area contributed by atoms with E-state index in [9.17, 15) is 22.8 Å². The number of halogens is 6. The number of oxime groups is 1. The SMILES string of the molecule is CCN1OCC(NC(=O)c2ccc(C3=NOC(c4cc(Cl)c(Cl)c(Cl)c4)(C(F)(F)F)C3)cc2C)C1=O. The number of hydrogen-bond donors (Lipinski definition) is 1. The smallest absolute Gasteiger partial charge is 0.374 e. The van der Waals surface area contributed by atoms with Gasteiger partial charge in [0.1, 0.15) is 12.6 Å². The lowest BCUT2D eigenvalue weighted by molar-refractivity contribution is -0.275. The number of alkyl halides is 3. The minimum absolute atomic E-state index is 0.0158. The van der Waals surface area contributed by atoms with Crippen LogP contribution in [0.4, 0.5) is 13.2 Å². The number of nitrogens with one attached hydrogen (secondary N) is 1. The molecule has 192 valence electrons. The lowest BCUT2D eigenvalue weighted by atomic mass is 9.86. The van der Waals surface area contributed by atoms with Crippen molar-refractivity contribution in [3.8, 4) is 0 Å². The summed E-state index contributed by atoms with van der Waals surface area (Å²) in [4.78, 5) is 35.1. The fourth-order valence-corrected chi connectivity index (χ4v) is 4.60. The third-order valence-electron chi connectivity index (χ3n) is 5.97. The number of nitrogens with zero attached hydrogens (tertiary/aromatic N) is 2. The maximum atomic E-state index is 14.3. The van der Waals surface area contributed by atoms with Gasteiger partial charge in [-0.2, -0.15) is 13.2 Å². The van der Waals surface area contributed by atoms with Crippen molar-refractivity contribution >= 4 is 52.3 Å². The molecule has 2 aromatic rings. The Bertz CT molecular complexity index is 1250. The summed E-state index contributed by atoms with van der Waals surface area (Å²) in [7, 11) is 0. The molecule has 2 unspecified atom stereocenters. The molecule has 0 radical (unpaired) electrons.